The van der Waals surface area contributed by atoms with Crippen LogP contribution in [0.5, 0.6) is 0 Å². The molecule has 0 radical (unpaired) electrons. The highest BCUT2D eigenvalue weighted by molar-refractivity contribution is 8.07. The molecule has 25 heteroatoms. The van der Waals surface area contributed by atoms with Gasteiger partial charge in [-0.3, -0.25) is 18.9 Å². The van der Waals surface area contributed by atoms with E-state index in [4.69, 9.17) is 67.4 Å². The molecule has 0 saturated carbocycles. The van der Waals surface area contributed by atoms with Gasteiger partial charge < -0.3 is 49.0 Å². The average Bonchev–Trinajstić information content (AvgIpc) is 3.79. The Labute approximate surface area is 260 Å². The first kappa shape index (κ1) is 29.8. The molecule has 240 valence electrons. The van der Waals surface area contributed by atoms with Crippen molar-refractivity contribution in [3.63, 3.8) is 0 Å². The number of imidazole rings is 1. The van der Waals surface area contributed by atoms with Crippen LogP contribution in [0.25, 0.3) is 22.3 Å². The fourth-order valence-electron chi connectivity index (χ4n) is 5.84. The minimum Gasteiger partial charge on any atom is -0.382 e. The van der Waals surface area contributed by atoms with E-state index < -0.39 is 61.5 Å². The van der Waals surface area contributed by atoms with Crippen LogP contribution in [0.2, 0.25) is 0 Å². The van der Waals surface area contributed by atoms with E-state index in [1.165, 1.54) is 17.3 Å². The number of aromatic amines is 1. The monoisotopic (exact) mass is 703 g/mol. The number of ether oxygens (including phenoxy) is 3. The lowest BCUT2D eigenvalue weighted by molar-refractivity contribution is -0.183. The summed E-state index contributed by atoms with van der Waals surface area (Å²) >= 11 is 10.8. The standard InChI is InChI=1S/C20H23N11O10P2S2/c21-13-9-14(24-5-23-13)30(6-25-9)18-11-12-20(39-18,3-35-11)4-37-43(34,45)40-8-1-7(2-36-42(33,44)41-12)38-17(8)31-15-10(28-29-31)16(32)27-19(22)26-15/h5-8,11-12,17-18H,1-4H2,(H,33,44)(H,34,45)(H2,21,23,24)(H3,22,26,27,32)/t7-,8+,11+,12-,17+,18+,20+,42?,43?/m0/s1. The molecule has 4 aromatic heterocycles. The van der Waals surface area contributed by atoms with Crippen LogP contribution in [0.15, 0.2) is 17.4 Å². The normalized spacial score (nSPS) is 38.6. The summed E-state index contributed by atoms with van der Waals surface area (Å²) in [5, 5.41) is 7.87. The molecule has 2 unspecified atom stereocenters. The molecule has 4 aromatic rings. The second kappa shape index (κ2) is 10.4. The van der Waals surface area contributed by atoms with E-state index in [-0.39, 0.29) is 49.2 Å². The lowest BCUT2D eigenvalue weighted by Crippen LogP contribution is -2.45. The second-order valence-electron chi connectivity index (χ2n) is 10.6. The predicted molar refractivity (Wildman–Crippen MR) is 156 cm³/mol. The summed E-state index contributed by atoms with van der Waals surface area (Å²) in [6.45, 7) is -8.74. The van der Waals surface area contributed by atoms with Crippen LogP contribution in [0.3, 0.4) is 0 Å². The van der Waals surface area contributed by atoms with Gasteiger partial charge in [-0.2, -0.15) is 9.67 Å². The number of anilines is 2. The Balaban J connectivity index is 1.12. The highest BCUT2D eigenvalue weighted by atomic mass is 32.5. The number of nitrogen functional groups attached to an aromatic ring is 2. The van der Waals surface area contributed by atoms with Crippen molar-refractivity contribution in [2.24, 2.45) is 0 Å². The third-order valence-electron chi connectivity index (χ3n) is 7.78. The second-order valence-corrected chi connectivity index (χ2v) is 16.2. The van der Waals surface area contributed by atoms with Gasteiger partial charge in [-0.25, -0.2) is 15.0 Å². The third-order valence-corrected chi connectivity index (χ3v) is 10.9. The lowest BCUT2D eigenvalue weighted by Gasteiger charge is -2.33. The molecule has 9 atom stereocenters. The van der Waals surface area contributed by atoms with Gasteiger partial charge in [0.15, 0.2) is 35.1 Å². The molecule has 4 saturated heterocycles. The summed E-state index contributed by atoms with van der Waals surface area (Å²) in [5.74, 6) is -0.0109. The van der Waals surface area contributed by atoms with Gasteiger partial charge in [0.1, 0.15) is 35.8 Å². The molecule has 45 heavy (non-hydrogen) atoms. The predicted octanol–water partition coefficient (Wildman–Crippen LogP) is -1.28. The van der Waals surface area contributed by atoms with Gasteiger partial charge in [0.2, 0.25) is 5.95 Å². The fraction of sp³-hybridized carbons (Fsp3) is 0.550. The van der Waals surface area contributed by atoms with Crippen molar-refractivity contribution in [3.8, 4) is 0 Å². The van der Waals surface area contributed by atoms with Crippen LogP contribution in [0.4, 0.5) is 11.8 Å². The molecular weight excluding hydrogens is 680 g/mol. The minimum absolute atomic E-state index is 0.000583. The van der Waals surface area contributed by atoms with Crippen molar-refractivity contribution in [2.45, 2.75) is 48.9 Å². The lowest BCUT2D eigenvalue weighted by atomic mass is 10.0. The molecule has 0 aromatic carbocycles. The molecule has 0 spiro atoms. The molecule has 4 fully saturated rings. The van der Waals surface area contributed by atoms with Crippen molar-refractivity contribution in [3.05, 3.63) is 23.0 Å². The number of nitrogens with zero attached hydrogens (tertiary/aromatic N) is 8. The van der Waals surface area contributed by atoms with Crippen LogP contribution in [-0.2, 0) is 55.9 Å². The van der Waals surface area contributed by atoms with E-state index >= 15 is 0 Å². The van der Waals surface area contributed by atoms with Gasteiger partial charge in [0.25, 0.3) is 5.56 Å². The number of hydrogen-bond donors (Lipinski definition) is 5. The fourth-order valence-corrected chi connectivity index (χ4v) is 8.78. The van der Waals surface area contributed by atoms with Crippen molar-refractivity contribution in [1.29, 1.82) is 0 Å². The van der Waals surface area contributed by atoms with Crippen LogP contribution >= 0.6 is 13.4 Å². The first-order valence-electron chi connectivity index (χ1n) is 13.2. The van der Waals surface area contributed by atoms with E-state index in [9.17, 15) is 14.6 Å². The van der Waals surface area contributed by atoms with Crippen LogP contribution in [0, 0.1) is 0 Å². The van der Waals surface area contributed by atoms with Gasteiger partial charge >= 0.3 is 13.4 Å². The number of nitrogens with two attached hydrogens (primary N) is 2. The Bertz CT molecular complexity index is 2000. The first-order valence-corrected chi connectivity index (χ1v) is 18.4. The zero-order valence-electron chi connectivity index (χ0n) is 22.6. The Morgan fingerprint density at radius 3 is 2.71 bits per heavy atom. The van der Waals surface area contributed by atoms with Gasteiger partial charge in [-0.1, -0.05) is 5.21 Å². The largest absolute Gasteiger partial charge is 0.382 e. The number of H-pyrrole nitrogens is 1. The van der Waals surface area contributed by atoms with Crippen LogP contribution in [0.1, 0.15) is 18.9 Å². The summed E-state index contributed by atoms with van der Waals surface area (Å²) in [7, 11) is 0. The van der Waals surface area contributed by atoms with Gasteiger partial charge in [0, 0.05) is 6.42 Å². The maximum absolute atomic E-state index is 12.3. The summed E-state index contributed by atoms with van der Waals surface area (Å²) in [5.41, 5.74) is 10.2. The van der Waals surface area contributed by atoms with Gasteiger partial charge in [-0.15, -0.1) is 5.10 Å². The number of fused-ring (bicyclic) bond motifs is 4. The topological polar surface area (TPSA) is 277 Å². The Hall–Kier alpha value is -2.63. The van der Waals surface area contributed by atoms with Crippen LogP contribution < -0.4 is 17.0 Å². The third kappa shape index (κ3) is 4.99. The van der Waals surface area contributed by atoms with Crippen molar-refractivity contribution in [2.75, 3.05) is 31.3 Å². The minimum atomic E-state index is -4.05. The maximum Gasteiger partial charge on any atom is 0.325 e. The van der Waals surface area contributed by atoms with Gasteiger partial charge in [0.05, 0.1) is 32.3 Å². The molecule has 7 N–H and O–H groups in total. The average molecular weight is 704 g/mol. The highest BCUT2D eigenvalue weighted by Crippen LogP contribution is 2.58. The molecule has 4 bridgehead atoms. The van der Waals surface area contributed by atoms with Crippen molar-refractivity contribution in [1.82, 2.24) is 44.5 Å². The Morgan fingerprint density at radius 2 is 1.87 bits per heavy atom. The van der Waals surface area contributed by atoms with E-state index in [1.807, 2.05) is 0 Å². The van der Waals surface area contributed by atoms with E-state index in [2.05, 4.69) is 35.2 Å². The number of rotatable bonds is 2. The van der Waals surface area contributed by atoms with E-state index in [1.54, 1.807) is 4.57 Å². The van der Waals surface area contributed by atoms with Crippen molar-refractivity contribution < 1.29 is 42.1 Å². The molecule has 0 amide bonds. The molecular formula is C20H23N11O10P2S2. The summed E-state index contributed by atoms with van der Waals surface area (Å²) in [6, 6.07) is 0. The SMILES string of the molecule is Nc1nc2c(nnn2[C@@H]2O[C@@H]3COP(O)(=S)O[C@H]4[C@H]5OC[C@]4(COP(O)(=S)O[C@@H]2C3)O[C@H]5n2cnc3c(N)ncnc32)c(=O)[nH]1. The Morgan fingerprint density at radius 1 is 1.04 bits per heavy atom. The highest BCUT2D eigenvalue weighted by Gasteiger charge is 2.65. The number of aromatic nitrogens is 9. The van der Waals surface area contributed by atoms with Crippen molar-refractivity contribution >= 4 is 71.1 Å². The summed E-state index contributed by atoms with van der Waals surface area (Å²) in [6.07, 6.45) is -2.83. The molecule has 0 aliphatic carbocycles. The molecule has 8 heterocycles. The molecule has 4 aliphatic rings. The van der Waals surface area contributed by atoms with Gasteiger partial charge in [-0.05, 0) is 23.6 Å². The molecule has 21 nitrogen and oxygen atoms in total. The maximum atomic E-state index is 12.3. The first-order chi connectivity index (χ1) is 21.4. The quantitative estimate of drug-likeness (QED) is 0.152. The number of hydrogen-bond acceptors (Lipinski definition) is 18. The smallest absolute Gasteiger partial charge is 0.325 e. The van der Waals surface area contributed by atoms with E-state index in [0.29, 0.717) is 11.2 Å². The summed E-state index contributed by atoms with van der Waals surface area (Å²) in [4.78, 5) is 53.7. The van der Waals surface area contributed by atoms with E-state index in [0.717, 1.165) is 0 Å². The molecule has 4 aliphatic heterocycles. The number of nitrogens with one attached hydrogen (secondary N) is 1. The molecule has 8 rings (SSSR count). The zero-order chi connectivity index (χ0) is 31.3. The zero-order valence-corrected chi connectivity index (χ0v) is 26.0. The Kier molecular flexibility index (Phi) is 6.90. The summed E-state index contributed by atoms with van der Waals surface area (Å²) < 4.78 is 44.8. The van der Waals surface area contributed by atoms with Crippen LogP contribution in [-0.4, -0.2) is 104 Å².